The normalized spacial score (nSPS) is 17.5. The molecule has 2 aliphatic rings. The summed E-state index contributed by atoms with van der Waals surface area (Å²) in [6.45, 7) is 4.35. The molecule has 0 saturated heterocycles. The first-order chi connectivity index (χ1) is 18.6. The molecule has 9 heteroatoms. The zero-order valence-electron chi connectivity index (χ0n) is 22.1. The summed E-state index contributed by atoms with van der Waals surface area (Å²) < 4.78 is 19.2. The van der Waals surface area contributed by atoms with Crippen LogP contribution in [0.5, 0.6) is 11.5 Å². The summed E-state index contributed by atoms with van der Waals surface area (Å²) in [6.07, 6.45) is 5.12. The van der Waals surface area contributed by atoms with Crippen LogP contribution < -0.4 is 14.8 Å². The summed E-state index contributed by atoms with van der Waals surface area (Å²) in [4.78, 5) is 18.4. The number of methoxy groups -OCH3 is 1. The van der Waals surface area contributed by atoms with Crippen LogP contribution >= 0.6 is 11.8 Å². The molecular formula is C29H34N4O4S. The lowest BCUT2D eigenvalue weighted by atomic mass is 9.94. The van der Waals surface area contributed by atoms with Crippen molar-refractivity contribution in [2.45, 2.75) is 69.0 Å². The second-order valence-corrected chi connectivity index (χ2v) is 10.5. The number of fused-ring (bicyclic) bond motifs is 1. The summed E-state index contributed by atoms with van der Waals surface area (Å²) in [7, 11) is 1.61. The van der Waals surface area contributed by atoms with Crippen molar-refractivity contribution >= 4 is 23.7 Å². The van der Waals surface area contributed by atoms with Gasteiger partial charge in [-0.1, -0.05) is 54.6 Å². The first-order valence-corrected chi connectivity index (χ1v) is 14.2. The third-order valence-corrected chi connectivity index (χ3v) is 7.80. The van der Waals surface area contributed by atoms with Crippen LogP contribution in [0.1, 0.15) is 63.1 Å². The van der Waals surface area contributed by atoms with E-state index in [2.05, 4.69) is 17.4 Å². The molecule has 1 aliphatic heterocycles. The molecule has 2 heterocycles. The average molecular weight is 535 g/mol. The summed E-state index contributed by atoms with van der Waals surface area (Å²) in [5.41, 5.74) is 3.27. The van der Waals surface area contributed by atoms with E-state index >= 15 is 0 Å². The Kier molecular flexibility index (Phi) is 8.22. The van der Waals surface area contributed by atoms with Crippen molar-refractivity contribution < 1.29 is 19.0 Å². The molecule has 38 heavy (non-hydrogen) atoms. The summed E-state index contributed by atoms with van der Waals surface area (Å²) in [5, 5.41) is 8.78. The number of ether oxygens (including phenoxy) is 3. The lowest BCUT2D eigenvalue weighted by Gasteiger charge is -2.30. The number of carbonyl (C=O) groups excluding carboxylic acids is 1. The van der Waals surface area contributed by atoms with E-state index in [1.807, 2.05) is 50.2 Å². The Morgan fingerprint density at radius 1 is 1.11 bits per heavy atom. The lowest BCUT2D eigenvalue weighted by Crippen LogP contribution is -2.32. The number of nitrogens with zero attached hydrogens (tertiary/aromatic N) is 3. The van der Waals surface area contributed by atoms with Crippen LogP contribution in [0.4, 0.5) is 5.95 Å². The molecule has 200 valence electrons. The van der Waals surface area contributed by atoms with Crippen LogP contribution in [0.3, 0.4) is 0 Å². The van der Waals surface area contributed by atoms with Crippen LogP contribution in [0.25, 0.3) is 0 Å². The summed E-state index contributed by atoms with van der Waals surface area (Å²) in [6, 6.07) is 15.4. The number of rotatable bonds is 9. The number of anilines is 1. The van der Waals surface area contributed by atoms with Gasteiger partial charge in [-0.05, 0) is 62.8 Å². The molecule has 5 rings (SSSR count). The van der Waals surface area contributed by atoms with Crippen molar-refractivity contribution in [2.75, 3.05) is 19.0 Å². The number of aromatic nitrogens is 3. The monoisotopic (exact) mass is 534 g/mol. The highest BCUT2D eigenvalue weighted by atomic mass is 32.2. The van der Waals surface area contributed by atoms with Crippen molar-refractivity contribution in [1.29, 1.82) is 0 Å². The molecule has 1 unspecified atom stereocenters. The molecule has 0 spiro atoms. The first-order valence-electron chi connectivity index (χ1n) is 13.2. The molecule has 3 aromatic rings. The minimum Gasteiger partial charge on any atom is -0.493 e. The van der Waals surface area contributed by atoms with E-state index in [0.717, 1.165) is 37.0 Å². The van der Waals surface area contributed by atoms with Crippen molar-refractivity contribution in [3.05, 3.63) is 70.9 Å². The van der Waals surface area contributed by atoms with Crippen LogP contribution in [-0.2, 0) is 15.3 Å². The van der Waals surface area contributed by atoms with Gasteiger partial charge in [-0.3, -0.25) is 0 Å². The van der Waals surface area contributed by atoms with Gasteiger partial charge in [0.05, 0.1) is 19.3 Å². The number of benzene rings is 2. The summed E-state index contributed by atoms with van der Waals surface area (Å²) >= 11 is 1.56. The highest BCUT2D eigenvalue weighted by molar-refractivity contribution is 7.98. The van der Waals surface area contributed by atoms with E-state index in [0.29, 0.717) is 40.5 Å². The minimum absolute atomic E-state index is 0.0544. The van der Waals surface area contributed by atoms with Crippen molar-refractivity contribution in [3.63, 3.8) is 0 Å². The van der Waals surface area contributed by atoms with E-state index in [1.54, 1.807) is 23.6 Å². The van der Waals surface area contributed by atoms with E-state index in [4.69, 9.17) is 24.3 Å². The van der Waals surface area contributed by atoms with Gasteiger partial charge in [0.2, 0.25) is 11.1 Å². The lowest BCUT2D eigenvalue weighted by molar-refractivity contribution is -0.146. The average Bonchev–Trinajstić information content (AvgIpc) is 3.35. The van der Waals surface area contributed by atoms with E-state index < -0.39 is 6.04 Å². The Morgan fingerprint density at radius 3 is 2.63 bits per heavy atom. The number of esters is 1. The van der Waals surface area contributed by atoms with Crippen molar-refractivity contribution in [1.82, 2.24) is 14.8 Å². The zero-order valence-corrected chi connectivity index (χ0v) is 22.9. The Morgan fingerprint density at radius 2 is 1.89 bits per heavy atom. The fourth-order valence-electron chi connectivity index (χ4n) is 5.01. The molecule has 1 atom stereocenters. The number of allylic oxidation sites excluding steroid dienone is 1. The predicted octanol–water partition coefficient (Wildman–Crippen LogP) is 6.14. The SMILES string of the molecule is CCOc1ccc(C2C(C(=O)OC3CCCCC3)=C(C)Nc3nc(SCc4ccccc4)nn32)cc1OC. The largest absolute Gasteiger partial charge is 0.493 e. The standard InChI is InChI=1S/C29H34N4O4S/c1-4-36-23-16-15-21(17-24(23)35-3)26-25(27(34)37-22-13-9-6-10-14-22)19(2)30-28-31-29(32-33(26)28)38-18-20-11-7-5-8-12-20/h5,7-8,11-12,15-17,22,26H,4,6,9-10,13-14,18H2,1-3H3,(H,30,31,32). The van der Waals surface area contributed by atoms with Gasteiger partial charge in [0.15, 0.2) is 11.5 Å². The molecule has 0 amide bonds. The fraction of sp³-hybridized carbons (Fsp3) is 0.414. The number of hydrogen-bond acceptors (Lipinski definition) is 8. The molecule has 1 fully saturated rings. The maximum Gasteiger partial charge on any atom is 0.338 e. The Hall–Kier alpha value is -3.46. The van der Waals surface area contributed by atoms with Gasteiger partial charge in [0, 0.05) is 11.4 Å². The van der Waals surface area contributed by atoms with Gasteiger partial charge in [-0.25, -0.2) is 9.48 Å². The first kappa shape index (κ1) is 26.2. The van der Waals surface area contributed by atoms with E-state index in [-0.39, 0.29) is 12.1 Å². The van der Waals surface area contributed by atoms with E-state index in [9.17, 15) is 4.79 Å². The van der Waals surface area contributed by atoms with Gasteiger partial charge in [-0.2, -0.15) is 4.98 Å². The summed E-state index contributed by atoms with van der Waals surface area (Å²) in [5.74, 6) is 2.26. The zero-order chi connectivity index (χ0) is 26.5. The predicted molar refractivity (Wildman–Crippen MR) is 148 cm³/mol. The second kappa shape index (κ2) is 11.9. The molecule has 1 saturated carbocycles. The fourth-order valence-corrected chi connectivity index (χ4v) is 5.80. The molecule has 0 bridgehead atoms. The highest BCUT2D eigenvalue weighted by Gasteiger charge is 2.37. The number of hydrogen-bond donors (Lipinski definition) is 1. The molecule has 1 aromatic heterocycles. The van der Waals surface area contributed by atoms with Gasteiger partial charge in [0.25, 0.3) is 0 Å². The smallest absolute Gasteiger partial charge is 0.338 e. The van der Waals surface area contributed by atoms with Crippen molar-refractivity contribution in [2.24, 2.45) is 0 Å². The maximum absolute atomic E-state index is 13.7. The molecule has 1 N–H and O–H groups in total. The third kappa shape index (κ3) is 5.67. The van der Waals surface area contributed by atoms with Crippen LogP contribution in [0.2, 0.25) is 0 Å². The molecule has 2 aromatic carbocycles. The van der Waals surface area contributed by atoms with Gasteiger partial charge in [0.1, 0.15) is 12.1 Å². The molecular weight excluding hydrogens is 500 g/mol. The molecule has 0 radical (unpaired) electrons. The number of thioether (sulfide) groups is 1. The molecule has 8 nitrogen and oxygen atoms in total. The Labute approximate surface area is 227 Å². The minimum atomic E-state index is -0.523. The second-order valence-electron chi connectivity index (χ2n) is 9.51. The quantitative estimate of drug-likeness (QED) is 0.259. The Bertz CT molecular complexity index is 1300. The highest BCUT2D eigenvalue weighted by Crippen LogP contribution is 2.40. The van der Waals surface area contributed by atoms with Crippen LogP contribution in [0, 0.1) is 0 Å². The number of nitrogens with one attached hydrogen (secondary N) is 1. The van der Waals surface area contributed by atoms with Crippen LogP contribution in [0.15, 0.2) is 65.0 Å². The Balaban J connectivity index is 1.50. The maximum atomic E-state index is 13.7. The van der Waals surface area contributed by atoms with Gasteiger partial charge < -0.3 is 19.5 Å². The molecule has 1 aliphatic carbocycles. The van der Waals surface area contributed by atoms with Crippen LogP contribution in [-0.4, -0.2) is 40.6 Å². The van der Waals surface area contributed by atoms with Crippen molar-refractivity contribution in [3.8, 4) is 11.5 Å². The number of carbonyl (C=O) groups is 1. The topological polar surface area (TPSA) is 87.5 Å². The third-order valence-electron chi connectivity index (χ3n) is 6.89. The van der Waals surface area contributed by atoms with E-state index in [1.165, 1.54) is 12.0 Å². The van der Waals surface area contributed by atoms with Gasteiger partial charge >= 0.3 is 5.97 Å². The van der Waals surface area contributed by atoms with Gasteiger partial charge in [-0.15, -0.1) is 5.10 Å².